The number of rotatable bonds is 5. The Hall–Kier alpha value is -0.230. The first-order chi connectivity index (χ1) is 8.35. The summed E-state index contributed by atoms with van der Waals surface area (Å²) in [6, 6.07) is 6.51. The quantitative estimate of drug-likeness (QED) is 0.417. The van der Waals surface area contributed by atoms with Crippen LogP contribution in [0.4, 0.5) is 8.78 Å². The van der Waals surface area contributed by atoms with E-state index in [4.69, 9.17) is 0 Å². The summed E-state index contributed by atoms with van der Waals surface area (Å²) in [6.07, 6.45) is 0. The van der Waals surface area contributed by atoms with E-state index >= 15 is 0 Å². The summed E-state index contributed by atoms with van der Waals surface area (Å²) in [7, 11) is -1.89. The summed E-state index contributed by atoms with van der Waals surface area (Å²) in [6.45, 7) is 0. The van der Waals surface area contributed by atoms with Crippen molar-refractivity contribution in [3.63, 3.8) is 0 Å². The number of allylic oxidation sites excluding steroid dienone is 1. The molecule has 0 radical (unpaired) electrons. The molecule has 100 valence electrons. The van der Waals surface area contributed by atoms with Crippen LogP contribution in [0, 0.1) is 0 Å². The van der Waals surface area contributed by atoms with E-state index in [1.807, 2.05) is 0 Å². The summed E-state index contributed by atoms with van der Waals surface area (Å²) in [5.74, 6) is -5.10. The van der Waals surface area contributed by atoms with Crippen molar-refractivity contribution in [1.29, 1.82) is 0 Å². The van der Waals surface area contributed by atoms with Crippen LogP contribution in [-0.2, 0) is 19.5 Å². The number of alkyl halides is 2. The predicted octanol–water partition coefficient (Wildman–Crippen LogP) is -0.530. The van der Waals surface area contributed by atoms with Crippen molar-refractivity contribution in [3.8, 4) is 0 Å². The van der Waals surface area contributed by atoms with Crippen LogP contribution in [0.15, 0.2) is 41.9 Å². The Balaban J connectivity index is 0.00000324. The Morgan fingerprint density at radius 1 is 1.26 bits per heavy atom. The number of hydrogen-bond acceptors (Lipinski definition) is 4. The molecule has 0 atom stereocenters. The van der Waals surface area contributed by atoms with Crippen LogP contribution in [0.3, 0.4) is 0 Å². The molecule has 0 heterocycles. The predicted molar refractivity (Wildman–Crippen MR) is 60.0 cm³/mol. The maximum Gasteiger partial charge on any atom is 1.00 e. The molecule has 0 fully saturated rings. The minimum absolute atomic E-state index is 0. The SMILES string of the molecule is COP(=O)(/C=C(\[O-])C(F)(F)c1ccccc1)OC.[Na+]. The van der Waals surface area contributed by atoms with Gasteiger partial charge in [0.15, 0.2) is 0 Å². The monoisotopic (exact) mass is 300 g/mol. The van der Waals surface area contributed by atoms with Crippen molar-refractivity contribution in [2.75, 3.05) is 14.2 Å². The first kappa shape index (κ1) is 18.8. The maximum absolute atomic E-state index is 13.7. The topological polar surface area (TPSA) is 58.6 Å². The fourth-order valence-corrected chi connectivity index (χ4v) is 2.00. The summed E-state index contributed by atoms with van der Waals surface area (Å²) >= 11 is 0. The zero-order valence-electron chi connectivity index (χ0n) is 10.8. The largest absolute Gasteiger partial charge is 1.00 e. The normalized spacial score (nSPS) is 12.9. The molecule has 0 aliphatic rings. The van der Waals surface area contributed by atoms with Gasteiger partial charge in [-0.3, -0.25) is 4.57 Å². The zero-order valence-corrected chi connectivity index (χ0v) is 13.7. The van der Waals surface area contributed by atoms with E-state index in [9.17, 15) is 18.5 Å². The summed E-state index contributed by atoms with van der Waals surface area (Å²) in [5, 5.41) is 11.5. The molecule has 19 heavy (non-hydrogen) atoms. The minimum Gasteiger partial charge on any atom is -0.871 e. The molecular formula is C11H12F2NaO4P. The van der Waals surface area contributed by atoms with E-state index in [1.54, 1.807) is 6.07 Å². The van der Waals surface area contributed by atoms with Crippen LogP contribution in [0.1, 0.15) is 5.56 Å². The van der Waals surface area contributed by atoms with Crippen molar-refractivity contribution in [3.05, 3.63) is 47.5 Å². The fourth-order valence-electron chi connectivity index (χ4n) is 1.19. The second-order valence-corrected chi connectivity index (χ2v) is 5.41. The third-order valence-electron chi connectivity index (χ3n) is 2.23. The van der Waals surface area contributed by atoms with Gasteiger partial charge in [-0.05, 0) is 5.76 Å². The van der Waals surface area contributed by atoms with E-state index in [2.05, 4.69) is 9.05 Å². The average Bonchev–Trinajstić information content (AvgIpc) is 2.39. The Labute approximate surface area is 132 Å². The molecule has 0 aliphatic heterocycles. The van der Waals surface area contributed by atoms with Crippen LogP contribution in [0.2, 0.25) is 0 Å². The maximum atomic E-state index is 13.7. The second-order valence-electron chi connectivity index (χ2n) is 3.34. The molecule has 0 bridgehead atoms. The van der Waals surface area contributed by atoms with Gasteiger partial charge in [0.05, 0.1) is 0 Å². The summed E-state index contributed by atoms with van der Waals surface area (Å²) in [4.78, 5) is 0. The summed E-state index contributed by atoms with van der Waals surface area (Å²) in [5.41, 5.74) is -0.481. The smallest absolute Gasteiger partial charge is 0.871 e. The zero-order chi connectivity index (χ0) is 13.8. The van der Waals surface area contributed by atoms with Gasteiger partial charge in [-0.25, -0.2) is 0 Å². The second kappa shape index (κ2) is 7.53. The van der Waals surface area contributed by atoms with Crippen molar-refractivity contribution < 1.29 is 57.1 Å². The van der Waals surface area contributed by atoms with Gasteiger partial charge in [-0.1, -0.05) is 30.3 Å². The molecule has 1 aromatic carbocycles. The van der Waals surface area contributed by atoms with Gasteiger partial charge in [0.2, 0.25) is 0 Å². The minimum atomic E-state index is -3.91. The van der Waals surface area contributed by atoms with Crippen LogP contribution in [-0.4, -0.2) is 14.2 Å². The average molecular weight is 300 g/mol. The molecular weight excluding hydrogens is 288 g/mol. The molecule has 8 heteroatoms. The molecule has 0 unspecified atom stereocenters. The molecule has 0 amide bonds. The van der Waals surface area contributed by atoms with E-state index in [0.717, 1.165) is 26.4 Å². The van der Waals surface area contributed by atoms with Crippen molar-refractivity contribution in [2.24, 2.45) is 0 Å². The van der Waals surface area contributed by atoms with E-state index in [0.29, 0.717) is 5.82 Å². The van der Waals surface area contributed by atoms with E-state index in [1.165, 1.54) is 12.1 Å². The molecule has 0 saturated heterocycles. The molecule has 0 spiro atoms. The van der Waals surface area contributed by atoms with Crippen molar-refractivity contribution in [1.82, 2.24) is 0 Å². The van der Waals surface area contributed by atoms with Gasteiger partial charge >= 0.3 is 37.2 Å². The van der Waals surface area contributed by atoms with Gasteiger partial charge in [0.1, 0.15) is 0 Å². The molecule has 0 saturated carbocycles. The van der Waals surface area contributed by atoms with E-state index < -0.39 is 24.8 Å². The Morgan fingerprint density at radius 3 is 2.16 bits per heavy atom. The molecule has 0 N–H and O–H groups in total. The molecule has 1 rings (SSSR count). The van der Waals surface area contributed by atoms with Gasteiger partial charge < -0.3 is 14.2 Å². The molecule has 4 nitrogen and oxygen atoms in total. The first-order valence-electron chi connectivity index (χ1n) is 4.90. The van der Waals surface area contributed by atoms with Crippen molar-refractivity contribution in [2.45, 2.75) is 5.92 Å². The fraction of sp³-hybridized carbons (Fsp3) is 0.273. The molecule has 1 aromatic rings. The Morgan fingerprint density at radius 2 is 1.74 bits per heavy atom. The van der Waals surface area contributed by atoms with Gasteiger partial charge in [0, 0.05) is 25.6 Å². The Bertz CT molecular complexity index is 471. The molecule has 0 aromatic heterocycles. The van der Waals surface area contributed by atoms with E-state index in [-0.39, 0.29) is 29.6 Å². The third kappa shape index (κ3) is 4.67. The van der Waals surface area contributed by atoms with Gasteiger partial charge in [0.25, 0.3) is 5.92 Å². The number of halogens is 2. The van der Waals surface area contributed by atoms with Crippen LogP contribution in [0.25, 0.3) is 0 Å². The van der Waals surface area contributed by atoms with Crippen LogP contribution in [0.5, 0.6) is 0 Å². The number of hydrogen-bond donors (Lipinski definition) is 0. The first-order valence-corrected chi connectivity index (χ1v) is 6.52. The van der Waals surface area contributed by atoms with Crippen molar-refractivity contribution >= 4 is 7.60 Å². The molecule has 0 aliphatic carbocycles. The van der Waals surface area contributed by atoms with Gasteiger partial charge in [-0.15, -0.1) is 0 Å². The van der Waals surface area contributed by atoms with Gasteiger partial charge in [-0.2, -0.15) is 8.78 Å². The standard InChI is InChI=1S/C11H13F2O4P.Na/c1-16-18(15,17-2)8-10(14)11(12,13)9-6-4-3-5-7-9;/h3-8,14H,1-2H3;/q;+1/p-1/b10-8-;. The Kier molecular flexibility index (Phi) is 7.43. The third-order valence-corrected chi connectivity index (χ3v) is 3.80. The number of benzene rings is 1. The van der Waals surface area contributed by atoms with Crippen LogP contribution < -0.4 is 34.7 Å². The summed E-state index contributed by atoms with van der Waals surface area (Å²) < 4.78 is 47.9. The van der Waals surface area contributed by atoms with Crippen LogP contribution >= 0.6 is 7.60 Å².